The lowest BCUT2D eigenvalue weighted by atomic mass is 9.87. The summed E-state index contributed by atoms with van der Waals surface area (Å²) in [5.41, 5.74) is 1.60. The van der Waals surface area contributed by atoms with E-state index in [1.165, 1.54) is 12.1 Å². The van der Waals surface area contributed by atoms with Crippen molar-refractivity contribution in [1.82, 2.24) is 10.2 Å². The average Bonchev–Trinajstić information content (AvgIpc) is 3.58. The first-order chi connectivity index (χ1) is 14.5. The second-order valence-corrected chi connectivity index (χ2v) is 8.10. The highest BCUT2D eigenvalue weighted by molar-refractivity contribution is 5.88. The molecule has 1 atom stereocenters. The van der Waals surface area contributed by atoms with Gasteiger partial charge in [0.15, 0.2) is 5.60 Å². The molecular formula is C24H27FN2O3. The zero-order valence-corrected chi connectivity index (χ0v) is 17.2. The summed E-state index contributed by atoms with van der Waals surface area (Å²) in [6.07, 6.45) is 2.69. The largest absolute Gasteiger partial charge is 0.361 e. The Kier molecular flexibility index (Phi) is 5.86. The van der Waals surface area contributed by atoms with E-state index in [0.29, 0.717) is 26.0 Å². The Balaban J connectivity index is 1.68. The van der Waals surface area contributed by atoms with Crippen LogP contribution >= 0.6 is 0 Å². The van der Waals surface area contributed by atoms with E-state index >= 15 is 0 Å². The van der Waals surface area contributed by atoms with Crippen LogP contribution in [0.15, 0.2) is 48.5 Å². The second kappa shape index (κ2) is 8.56. The highest BCUT2D eigenvalue weighted by Crippen LogP contribution is 2.32. The molecule has 0 aromatic heterocycles. The number of rotatable bonds is 6. The van der Waals surface area contributed by atoms with Gasteiger partial charge in [0.05, 0.1) is 13.2 Å². The summed E-state index contributed by atoms with van der Waals surface area (Å²) in [7, 11) is 0. The van der Waals surface area contributed by atoms with Crippen molar-refractivity contribution in [3.8, 4) is 11.1 Å². The molecule has 2 amide bonds. The Bertz CT molecular complexity index is 926. The summed E-state index contributed by atoms with van der Waals surface area (Å²) in [4.78, 5) is 27.4. The number of hydrogen-bond donors (Lipinski definition) is 1. The highest BCUT2D eigenvalue weighted by atomic mass is 19.1. The molecule has 2 aromatic carbocycles. The van der Waals surface area contributed by atoms with Crippen molar-refractivity contribution in [2.24, 2.45) is 0 Å². The second-order valence-electron chi connectivity index (χ2n) is 8.10. The van der Waals surface area contributed by atoms with E-state index in [2.05, 4.69) is 5.32 Å². The van der Waals surface area contributed by atoms with E-state index in [-0.39, 0.29) is 30.2 Å². The molecule has 158 valence electrons. The lowest BCUT2D eigenvalue weighted by molar-refractivity contribution is -0.166. The predicted octanol–water partition coefficient (Wildman–Crippen LogP) is 3.32. The SMILES string of the molecule is CCC(=O)N1CCO[C@@](Cc2ccccc2-c2ccc(F)cc2)(C(=O)NC2CC2)C1. The van der Waals surface area contributed by atoms with Gasteiger partial charge in [-0.05, 0) is 41.7 Å². The Labute approximate surface area is 176 Å². The van der Waals surface area contributed by atoms with Crippen LogP contribution in [0.5, 0.6) is 0 Å². The summed E-state index contributed by atoms with van der Waals surface area (Å²) in [6, 6.07) is 14.3. The van der Waals surface area contributed by atoms with E-state index in [4.69, 9.17) is 4.74 Å². The number of carbonyl (C=O) groups is 2. The molecule has 6 heteroatoms. The molecule has 5 nitrogen and oxygen atoms in total. The lowest BCUT2D eigenvalue weighted by Crippen LogP contribution is -2.62. The zero-order chi connectivity index (χ0) is 21.1. The molecule has 1 saturated carbocycles. The first kappa shape index (κ1) is 20.5. The molecule has 0 radical (unpaired) electrons. The van der Waals surface area contributed by atoms with Crippen LogP contribution in [0.25, 0.3) is 11.1 Å². The van der Waals surface area contributed by atoms with Crippen LogP contribution in [0.3, 0.4) is 0 Å². The number of nitrogens with one attached hydrogen (secondary N) is 1. The van der Waals surface area contributed by atoms with E-state index in [0.717, 1.165) is 29.5 Å². The van der Waals surface area contributed by atoms with Crippen molar-refractivity contribution in [1.29, 1.82) is 0 Å². The van der Waals surface area contributed by atoms with Gasteiger partial charge in [-0.15, -0.1) is 0 Å². The summed E-state index contributed by atoms with van der Waals surface area (Å²) in [5.74, 6) is -0.429. The molecule has 2 aliphatic rings. The Morgan fingerprint density at radius 3 is 2.60 bits per heavy atom. The quantitative estimate of drug-likeness (QED) is 0.795. The van der Waals surface area contributed by atoms with E-state index in [1.54, 1.807) is 17.0 Å². The fraction of sp³-hybridized carbons (Fsp3) is 0.417. The molecule has 0 unspecified atom stereocenters. The Morgan fingerprint density at radius 2 is 1.90 bits per heavy atom. The minimum Gasteiger partial charge on any atom is -0.361 e. The van der Waals surface area contributed by atoms with Gasteiger partial charge in [-0.1, -0.05) is 43.3 Å². The molecule has 1 aliphatic carbocycles. The molecular weight excluding hydrogens is 383 g/mol. The molecule has 0 bridgehead atoms. The van der Waals surface area contributed by atoms with Crippen molar-refractivity contribution in [2.45, 2.75) is 44.2 Å². The third-order valence-electron chi connectivity index (χ3n) is 5.82. The summed E-state index contributed by atoms with van der Waals surface area (Å²) >= 11 is 0. The van der Waals surface area contributed by atoms with Crippen LogP contribution in [0.2, 0.25) is 0 Å². The number of hydrogen-bond acceptors (Lipinski definition) is 3. The molecule has 4 rings (SSSR count). The predicted molar refractivity (Wildman–Crippen MR) is 112 cm³/mol. The third-order valence-corrected chi connectivity index (χ3v) is 5.82. The van der Waals surface area contributed by atoms with Gasteiger partial charge in [0.2, 0.25) is 5.91 Å². The van der Waals surface area contributed by atoms with Gasteiger partial charge in [-0.25, -0.2) is 4.39 Å². The molecule has 1 saturated heterocycles. The van der Waals surface area contributed by atoms with Crippen LogP contribution in [0, 0.1) is 5.82 Å². The van der Waals surface area contributed by atoms with E-state index in [9.17, 15) is 14.0 Å². The molecule has 30 heavy (non-hydrogen) atoms. The average molecular weight is 410 g/mol. The van der Waals surface area contributed by atoms with Crippen molar-refractivity contribution < 1.29 is 18.7 Å². The van der Waals surface area contributed by atoms with Gasteiger partial charge in [0.1, 0.15) is 5.82 Å². The number of halogens is 1. The number of amides is 2. The molecule has 0 spiro atoms. The van der Waals surface area contributed by atoms with E-state index in [1.807, 2.05) is 31.2 Å². The van der Waals surface area contributed by atoms with Gasteiger partial charge in [-0.3, -0.25) is 9.59 Å². The molecule has 2 aromatic rings. The maximum atomic E-state index is 13.4. The molecule has 1 aliphatic heterocycles. The number of morpholine rings is 1. The fourth-order valence-corrected chi connectivity index (χ4v) is 3.98. The normalized spacial score (nSPS) is 21.3. The Morgan fingerprint density at radius 1 is 1.17 bits per heavy atom. The number of ether oxygens (including phenoxy) is 1. The standard InChI is InChI=1S/C24H27FN2O3/c1-2-22(28)27-13-14-30-24(16-27,23(29)26-20-11-12-20)15-18-5-3-4-6-21(18)17-7-9-19(25)10-8-17/h3-10,20H,2,11-16H2,1H3,(H,26,29)/t24-/m1/s1. The molecule has 2 fully saturated rings. The maximum Gasteiger partial charge on any atom is 0.254 e. The van der Waals surface area contributed by atoms with Crippen LogP contribution < -0.4 is 5.32 Å². The topological polar surface area (TPSA) is 58.6 Å². The number of benzene rings is 2. The van der Waals surface area contributed by atoms with Crippen molar-refractivity contribution >= 4 is 11.8 Å². The lowest BCUT2D eigenvalue weighted by Gasteiger charge is -2.42. The number of carbonyl (C=O) groups excluding carboxylic acids is 2. The zero-order valence-electron chi connectivity index (χ0n) is 17.2. The smallest absolute Gasteiger partial charge is 0.254 e. The monoisotopic (exact) mass is 410 g/mol. The summed E-state index contributed by atoms with van der Waals surface area (Å²) in [6.45, 7) is 2.87. The minimum absolute atomic E-state index is 0.0220. The van der Waals surface area contributed by atoms with Gasteiger partial charge >= 0.3 is 0 Å². The molecule has 1 heterocycles. The van der Waals surface area contributed by atoms with Crippen molar-refractivity contribution in [3.05, 3.63) is 59.9 Å². The molecule has 1 N–H and O–H groups in total. The highest BCUT2D eigenvalue weighted by Gasteiger charge is 2.46. The number of nitrogens with zero attached hydrogens (tertiary/aromatic N) is 1. The van der Waals surface area contributed by atoms with Gasteiger partial charge in [-0.2, -0.15) is 0 Å². The first-order valence-corrected chi connectivity index (χ1v) is 10.6. The van der Waals surface area contributed by atoms with Crippen LogP contribution in [0.1, 0.15) is 31.7 Å². The van der Waals surface area contributed by atoms with Crippen molar-refractivity contribution in [3.63, 3.8) is 0 Å². The van der Waals surface area contributed by atoms with Gasteiger partial charge < -0.3 is 15.0 Å². The Hall–Kier alpha value is -2.73. The summed E-state index contributed by atoms with van der Waals surface area (Å²) < 4.78 is 19.5. The van der Waals surface area contributed by atoms with Crippen molar-refractivity contribution in [2.75, 3.05) is 19.7 Å². The third kappa shape index (κ3) is 4.38. The van der Waals surface area contributed by atoms with Gasteiger partial charge in [0.25, 0.3) is 5.91 Å². The van der Waals surface area contributed by atoms with Gasteiger partial charge in [0, 0.05) is 25.4 Å². The first-order valence-electron chi connectivity index (χ1n) is 10.6. The fourth-order valence-electron chi connectivity index (χ4n) is 3.98. The maximum absolute atomic E-state index is 13.4. The van der Waals surface area contributed by atoms with E-state index < -0.39 is 5.60 Å². The van der Waals surface area contributed by atoms with Crippen LogP contribution in [-0.2, 0) is 20.7 Å². The van der Waals surface area contributed by atoms with Crippen LogP contribution in [0.4, 0.5) is 4.39 Å². The summed E-state index contributed by atoms with van der Waals surface area (Å²) in [5, 5.41) is 3.08. The minimum atomic E-state index is -1.14. The van der Waals surface area contributed by atoms with Crippen LogP contribution in [-0.4, -0.2) is 48.1 Å².